The van der Waals surface area contributed by atoms with E-state index in [-0.39, 0.29) is 41.7 Å². The number of rotatable bonds is 12. The fourth-order valence-electron chi connectivity index (χ4n) is 2.93. The van der Waals surface area contributed by atoms with Crippen molar-refractivity contribution in [2.45, 2.75) is 31.8 Å². The fourth-order valence-corrected chi connectivity index (χ4v) is 3.19. The zero-order valence-electron chi connectivity index (χ0n) is 20.4. The summed E-state index contributed by atoms with van der Waals surface area (Å²) in [6.45, 7) is -1.33. The van der Waals surface area contributed by atoms with E-state index in [9.17, 15) is 36.2 Å². The van der Waals surface area contributed by atoms with Crippen molar-refractivity contribution in [1.29, 1.82) is 0 Å². The molecule has 0 aliphatic rings. The Morgan fingerprint density at radius 1 is 1.00 bits per heavy atom. The summed E-state index contributed by atoms with van der Waals surface area (Å²) in [4.78, 5) is 11.2. The molecule has 1 N–H and O–H groups in total. The zero-order valence-corrected chi connectivity index (χ0v) is 21.1. The molecule has 1 atom stereocenters. The van der Waals surface area contributed by atoms with Crippen molar-refractivity contribution in [3.63, 3.8) is 0 Å². The molecule has 212 valence electrons. The molecule has 39 heavy (non-hydrogen) atoms. The van der Waals surface area contributed by atoms with E-state index in [4.69, 9.17) is 21.1 Å². The number of carboxylic acid groups (broad SMARTS) is 1. The van der Waals surface area contributed by atoms with Gasteiger partial charge in [0.2, 0.25) is 0 Å². The number of halogens is 7. The highest BCUT2D eigenvalue weighted by Crippen LogP contribution is 2.28. The van der Waals surface area contributed by atoms with Gasteiger partial charge in [-0.25, -0.2) is 4.79 Å². The van der Waals surface area contributed by atoms with Crippen molar-refractivity contribution < 1.29 is 55.2 Å². The molecule has 2 aromatic rings. The number of hydrogen-bond donors (Lipinski definition) is 1. The Balaban J connectivity index is 2.02. The summed E-state index contributed by atoms with van der Waals surface area (Å²) in [6, 6.07) is 7.93. The first-order chi connectivity index (χ1) is 18.3. The summed E-state index contributed by atoms with van der Waals surface area (Å²) in [5, 5.41) is 9.43. The predicted octanol–water partition coefficient (Wildman–Crippen LogP) is 6.24. The van der Waals surface area contributed by atoms with Crippen LogP contribution in [0.25, 0.3) is 0 Å². The standard InChI is InChI=1S/C26H23ClF6O6/c1-2-36-23(24(34)35)13-18-7-8-22(21(27)12-18)37-9-5-3-4-6-17-10-19(38-15-25(28,29)30)14-20(11-17)39-16-26(31,32)33/h3,5,7-8,10-12,14,23H,2,9,13,15-16H2,1H3,(H,34,35)/b5-3-/t23-/m0/s1. The van der Waals surface area contributed by atoms with Crippen LogP contribution in [0.5, 0.6) is 17.2 Å². The zero-order chi connectivity index (χ0) is 29.1. The van der Waals surface area contributed by atoms with Crippen molar-refractivity contribution >= 4 is 17.6 Å². The van der Waals surface area contributed by atoms with Crippen LogP contribution in [0.2, 0.25) is 5.02 Å². The van der Waals surface area contributed by atoms with Crippen LogP contribution >= 0.6 is 11.6 Å². The number of carbonyl (C=O) groups is 1. The van der Waals surface area contributed by atoms with Crippen LogP contribution in [0.4, 0.5) is 26.3 Å². The topological polar surface area (TPSA) is 74.2 Å². The van der Waals surface area contributed by atoms with E-state index in [0.717, 1.165) is 18.2 Å². The number of allylic oxidation sites excluding steroid dienone is 1. The number of carboxylic acids is 1. The van der Waals surface area contributed by atoms with Crippen LogP contribution < -0.4 is 14.2 Å². The summed E-state index contributed by atoms with van der Waals surface area (Å²) >= 11 is 6.20. The monoisotopic (exact) mass is 580 g/mol. The van der Waals surface area contributed by atoms with E-state index in [1.165, 1.54) is 12.2 Å². The van der Waals surface area contributed by atoms with Crippen LogP contribution in [0.15, 0.2) is 48.6 Å². The maximum Gasteiger partial charge on any atom is 0.422 e. The highest BCUT2D eigenvalue weighted by molar-refractivity contribution is 6.32. The Bertz CT molecular complexity index is 1160. The Kier molecular flexibility index (Phi) is 11.8. The Morgan fingerprint density at radius 3 is 2.13 bits per heavy atom. The minimum absolute atomic E-state index is 0.0269. The second kappa shape index (κ2) is 14.6. The molecule has 13 heteroatoms. The van der Waals surface area contributed by atoms with Gasteiger partial charge in [0, 0.05) is 24.7 Å². The molecule has 6 nitrogen and oxygen atoms in total. The number of alkyl halides is 6. The van der Waals surface area contributed by atoms with Crippen LogP contribution in [0.1, 0.15) is 18.1 Å². The van der Waals surface area contributed by atoms with Gasteiger partial charge in [0.15, 0.2) is 19.3 Å². The number of benzene rings is 2. The summed E-state index contributed by atoms with van der Waals surface area (Å²) < 4.78 is 94.6. The van der Waals surface area contributed by atoms with E-state index < -0.39 is 37.6 Å². The van der Waals surface area contributed by atoms with E-state index in [2.05, 4.69) is 21.3 Å². The number of hydrogen-bond acceptors (Lipinski definition) is 5. The summed E-state index contributed by atoms with van der Waals surface area (Å²) in [7, 11) is 0. The third-order valence-corrected chi connectivity index (χ3v) is 4.79. The van der Waals surface area contributed by atoms with Crippen molar-refractivity contribution in [1.82, 2.24) is 0 Å². The first-order valence-electron chi connectivity index (χ1n) is 11.2. The molecule has 0 radical (unpaired) electrons. The quantitative estimate of drug-likeness (QED) is 0.237. The van der Waals surface area contributed by atoms with Gasteiger partial charge in [-0.2, -0.15) is 26.3 Å². The van der Waals surface area contributed by atoms with E-state index in [1.54, 1.807) is 25.1 Å². The van der Waals surface area contributed by atoms with Gasteiger partial charge in [-0.05, 0) is 48.9 Å². The maximum absolute atomic E-state index is 12.5. The molecule has 0 fully saturated rings. The summed E-state index contributed by atoms with van der Waals surface area (Å²) in [5.74, 6) is 3.66. The second-order valence-corrected chi connectivity index (χ2v) is 8.14. The number of ether oxygens (including phenoxy) is 4. The van der Waals surface area contributed by atoms with Gasteiger partial charge in [0.25, 0.3) is 0 Å². The summed E-state index contributed by atoms with van der Waals surface area (Å²) in [6.07, 6.45) is -7.33. The molecule has 0 aliphatic heterocycles. The van der Waals surface area contributed by atoms with Gasteiger partial charge in [-0.1, -0.05) is 29.5 Å². The van der Waals surface area contributed by atoms with Crippen molar-refractivity contribution in [2.75, 3.05) is 26.4 Å². The normalized spacial score (nSPS) is 12.5. The van der Waals surface area contributed by atoms with Gasteiger partial charge < -0.3 is 24.1 Å². The van der Waals surface area contributed by atoms with E-state index >= 15 is 0 Å². The average Bonchev–Trinajstić information content (AvgIpc) is 2.83. The third kappa shape index (κ3) is 12.7. The largest absolute Gasteiger partial charge is 0.488 e. The van der Waals surface area contributed by atoms with Crippen LogP contribution in [-0.4, -0.2) is 56.0 Å². The molecule has 0 spiro atoms. The van der Waals surface area contributed by atoms with Crippen LogP contribution in [-0.2, 0) is 16.0 Å². The Morgan fingerprint density at radius 2 is 1.62 bits per heavy atom. The van der Waals surface area contributed by atoms with Gasteiger partial charge in [0.1, 0.15) is 23.9 Å². The number of aliphatic carboxylic acids is 1. The maximum atomic E-state index is 12.5. The van der Waals surface area contributed by atoms with Crippen LogP contribution in [0, 0.1) is 11.8 Å². The predicted molar refractivity (Wildman–Crippen MR) is 129 cm³/mol. The smallest absolute Gasteiger partial charge is 0.422 e. The Labute approximate surface area is 225 Å². The fraction of sp³-hybridized carbons (Fsp3) is 0.346. The molecular formula is C26H23ClF6O6. The molecule has 2 aromatic carbocycles. The lowest BCUT2D eigenvalue weighted by atomic mass is 10.1. The molecule has 0 amide bonds. The van der Waals surface area contributed by atoms with Gasteiger partial charge in [-0.3, -0.25) is 0 Å². The van der Waals surface area contributed by atoms with Crippen LogP contribution in [0.3, 0.4) is 0 Å². The van der Waals surface area contributed by atoms with Gasteiger partial charge >= 0.3 is 18.3 Å². The molecule has 0 aromatic heterocycles. The second-order valence-electron chi connectivity index (χ2n) is 7.73. The van der Waals surface area contributed by atoms with Crippen molar-refractivity contribution in [3.8, 4) is 29.1 Å². The highest BCUT2D eigenvalue weighted by Gasteiger charge is 2.30. The molecule has 2 rings (SSSR count). The minimum atomic E-state index is -4.65. The lowest BCUT2D eigenvalue weighted by molar-refractivity contribution is -0.154. The lowest BCUT2D eigenvalue weighted by Gasteiger charge is -2.13. The molecular weight excluding hydrogens is 558 g/mol. The average molecular weight is 581 g/mol. The lowest BCUT2D eigenvalue weighted by Crippen LogP contribution is -2.26. The minimum Gasteiger partial charge on any atom is -0.488 e. The first-order valence-corrected chi connectivity index (χ1v) is 11.6. The molecule has 0 unspecified atom stereocenters. The first kappa shape index (κ1) is 31.7. The Hall–Kier alpha value is -3.56. The van der Waals surface area contributed by atoms with Gasteiger partial charge in [0.05, 0.1) is 5.02 Å². The van der Waals surface area contributed by atoms with Crippen molar-refractivity contribution in [3.05, 3.63) is 64.7 Å². The van der Waals surface area contributed by atoms with Crippen molar-refractivity contribution in [2.24, 2.45) is 0 Å². The SMILES string of the molecule is CCO[C@@H](Cc1ccc(OC/C=C\C#Cc2cc(OCC(F)(F)F)cc(OCC(F)(F)F)c2)c(Cl)c1)C(=O)O. The van der Waals surface area contributed by atoms with Gasteiger partial charge in [-0.15, -0.1) is 0 Å². The molecule has 0 saturated heterocycles. The molecule has 0 saturated carbocycles. The molecule has 0 aliphatic carbocycles. The molecule has 0 heterocycles. The summed E-state index contributed by atoms with van der Waals surface area (Å²) in [5.41, 5.74) is 0.692. The van der Waals surface area contributed by atoms with E-state index in [0.29, 0.717) is 11.3 Å². The third-order valence-electron chi connectivity index (χ3n) is 4.50. The highest BCUT2D eigenvalue weighted by atomic mass is 35.5. The van der Waals surface area contributed by atoms with E-state index in [1.807, 2.05) is 0 Å². The molecule has 0 bridgehead atoms.